The van der Waals surface area contributed by atoms with Crippen LogP contribution in [0.25, 0.3) is 10.8 Å². The molecule has 3 rings (SSSR count). The summed E-state index contributed by atoms with van der Waals surface area (Å²) in [4.78, 5) is 36.2. The third kappa shape index (κ3) is 5.16. The largest absolute Gasteiger partial charge is 0.451 e. The molecule has 0 heterocycles. The molecule has 0 fully saturated rings. The highest BCUT2D eigenvalue weighted by Gasteiger charge is 2.19. The molecule has 7 heteroatoms. The number of hydrogen-bond acceptors (Lipinski definition) is 4. The molecule has 0 aliphatic heterocycles. The van der Waals surface area contributed by atoms with Crippen LogP contribution in [-0.2, 0) is 14.3 Å². The van der Waals surface area contributed by atoms with Crippen LogP contribution < -0.4 is 10.6 Å². The van der Waals surface area contributed by atoms with Gasteiger partial charge in [-0.2, -0.15) is 0 Å². The van der Waals surface area contributed by atoms with Crippen molar-refractivity contribution in [2.24, 2.45) is 0 Å². The highest BCUT2D eigenvalue weighted by Crippen LogP contribution is 2.15. The Morgan fingerprint density at radius 3 is 2.41 bits per heavy atom. The molecule has 3 aromatic rings. The van der Waals surface area contributed by atoms with Crippen molar-refractivity contribution >= 4 is 34.2 Å². The van der Waals surface area contributed by atoms with Gasteiger partial charge in [0.25, 0.3) is 11.8 Å². The van der Waals surface area contributed by atoms with Crippen LogP contribution in [0.4, 0.5) is 10.1 Å². The number of ether oxygens (including phenoxy) is 1. The molecule has 148 valence electrons. The minimum absolute atomic E-state index is 0.00925. The molecule has 29 heavy (non-hydrogen) atoms. The SMILES string of the molecule is C[C@H](OC(=O)CNC(=O)c1ccc2ccccc2c1)C(=O)Nc1ccccc1F. The van der Waals surface area contributed by atoms with E-state index in [1.54, 1.807) is 18.2 Å². The van der Waals surface area contributed by atoms with Crippen LogP contribution in [0.5, 0.6) is 0 Å². The van der Waals surface area contributed by atoms with E-state index in [0.29, 0.717) is 5.56 Å². The maximum atomic E-state index is 13.6. The molecule has 0 spiro atoms. The predicted octanol–water partition coefficient (Wildman–Crippen LogP) is 3.28. The Labute approximate surface area is 166 Å². The molecule has 0 unspecified atom stereocenters. The summed E-state index contributed by atoms with van der Waals surface area (Å²) in [6.45, 7) is 0.961. The number of nitrogens with one attached hydrogen (secondary N) is 2. The fraction of sp³-hybridized carbons (Fsp3) is 0.136. The molecule has 0 aliphatic rings. The van der Waals surface area contributed by atoms with Crippen LogP contribution in [0.3, 0.4) is 0 Å². The molecule has 2 amide bonds. The number of anilines is 1. The van der Waals surface area contributed by atoms with Crippen LogP contribution in [0.1, 0.15) is 17.3 Å². The molecular formula is C22H19FN2O4. The summed E-state index contributed by atoms with van der Waals surface area (Å²) >= 11 is 0. The number of carbonyl (C=O) groups is 3. The fourth-order valence-electron chi connectivity index (χ4n) is 2.67. The van der Waals surface area contributed by atoms with Crippen molar-refractivity contribution in [2.75, 3.05) is 11.9 Å². The fourth-order valence-corrected chi connectivity index (χ4v) is 2.67. The molecule has 6 nitrogen and oxygen atoms in total. The lowest BCUT2D eigenvalue weighted by Gasteiger charge is -2.14. The van der Waals surface area contributed by atoms with Gasteiger partial charge in [-0.25, -0.2) is 4.39 Å². The summed E-state index contributed by atoms with van der Waals surface area (Å²) in [7, 11) is 0. The van der Waals surface area contributed by atoms with Crippen LogP contribution in [0, 0.1) is 5.82 Å². The van der Waals surface area contributed by atoms with Gasteiger partial charge in [0.05, 0.1) is 5.69 Å². The summed E-state index contributed by atoms with van der Waals surface area (Å²) in [5, 5.41) is 6.71. The van der Waals surface area contributed by atoms with Gasteiger partial charge in [0.15, 0.2) is 6.10 Å². The number of para-hydroxylation sites is 1. The minimum Gasteiger partial charge on any atom is -0.451 e. The monoisotopic (exact) mass is 394 g/mol. The van der Waals surface area contributed by atoms with Gasteiger partial charge >= 0.3 is 5.97 Å². The Hall–Kier alpha value is -3.74. The summed E-state index contributed by atoms with van der Waals surface area (Å²) in [5.41, 5.74) is 0.395. The summed E-state index contributed by atoms with van der Waals surface area (Å²) in [6, 6.07) is 18.4. The minimum atomic E-state index is -1.15. The second kappa shape index (κ2) is 8.97. The molecule has 0 aliphatic carbocycles. The number of amides is 2. The van der Waals surface area contributed by atoms with Gasteiger partial charge in [-0.05, 0) is 42.0 Å². The zero-order valence-electron chi connectivity index (χ0n) is 15.6. The molecule has 0 aromatic heterocycles. The smallest absolute Gasteiger partial charge is 0.326 e. The van der Waals surface area contributed by atoms with Crippen molar-refractivity contribution in [1.82, 2.24) is 5.32 Å². The van der Waals surface area contributed by atoms with Gasteiger partial charge in [-0.1, -0.05) is 42.5 Å². The lowest BCUT2D eigenvalue weighted by atomic mass is 10.1. The Kier molecular flexibility index (Phi) is 6.19. The normalized spacial score (nSPS) is 11.5. The van der Waals surface area contributed by atoms with E-state index >= 15 is 0 Å². The second-order valence-corrected chi connectivity index (χ2v) is 6.35. The Balaban J connectivity index is 1.51. The first kappa shape index (κ1) is 20.0. The molecule has 2 N–H and O–H groups in total. The second-order valence-electron chi connectivity index (χ2n) is 6.35. The van der Waals surface area contributed by atoms with Crippen molar-refractivity contribution in [2.45, 2.75) is 13.0 Å². The third-order valence-corrected chi connectivity index (χ3v) is 4.21. The van der Waals surface area contributed by atoms with Gasteiger partial charge in [0.2, 0.25) is 0 Å². The maximum Gasteiger partial charge on any atom is 0.326 e. The van der Waals surface area contributed by atoms with Gasteiger partial charge in [0, 0.05) is 5.56 Å². The molecular weight excluding hydrogens is 375 g/mol. The van der Waals surface area contributed by atoms with E-state index in [1.807, 2.05) is 30.3 Å². The Morgan fingerprint density at radius 2 is 1.66 bits per heavy atom. The number of carbonyl (C=O) groups excluding carboxylic acids is 3. The van der Waals surface area contributed by atoms with Gasteiger partial charge in [-0.15, -0.1) is 0 Å². The average molecular weight is 394 g/mol. The van der Waals surface area contributed by atoms with E-state index in [-0.39, 0.29) is 5.69 Å². The van der Waals surface area contributed by atoms with E-state index in [2.05, 4.69) is 10.6 Å². The number of halogens is 1. The number of rotatable bonds is 6. The molecule has 3 aromatic carbocycles. The summed E-state index contributed by atoms with van der Waals surface area (Å²) in [6.07, 6.45) is -1.15. The number of fused-ring (bicyclic) bond motifs is 1. The van der Waals surface area contributed by atoms with Crippen molar-refractivity contribution < 1.29 is 23.5 Å². The van der Waals surface area contributed by atoms with E-state index < -0.39 is 36.2 Å². The van der Waals surface area contributed by atoms with E-state index in [1.165, 1.54) is 25.1 Å². The van der Waals surface area contributed by atoms with Crippen molar-refractivity contribution in [3.05, 3.63) is 78.1 Å². The molecule has 0 bridgehead atoms. The van der Waals surface area contributed by atoms with Crippen molar-refractivity contribution in [1.29, 1.82) is 0 Å². The van der Waals surface area contributed by atoms with Crippen LogP contribution in [0.15, 0.2) is 66.7 Å². The lowest BCUT2D eigenvalue weighted by molar-refractivity contribution is -0.152. The van der Waals surface area contributed by atoms with Crippen LogP contribution >= 0.6 is 0 Å². The highest BCUT2D eigenvalue weighted by molar-refractivity contribution is 6.00. The summed E-state index contributed by atoms with van der Waals surface area (Å²) < 4.78 is 18.6. The van der Waals surface area contributed by atoms with E-state index in [4.69, 9.17) is 4.74 Å². The first-order valence-corrected chi connectivity index (χ1v) is 8.96. The molecule has 0 radical (unpaired) electrons. The topological polar surface area (TPSA) is 84.5 Å². The molecule has 1 atom stereocenters. The predicted molar refractivity (Wildman–Crippen MR) is 107 cm³/mol. The average Bonchev–Trinajstić information content (AvgIpc) is 2.73. The van der Waals surface area contributed by atoms with Crippen molar-refractivity contribution in [3.8, 4) is 0 Å². The Morgan fingerprint density at radius 1 is 0.966 bits per heavy atom. The summed E-state index contributed by atoms with van der Waals surface area (Å²) in [5.74, 6) is -2.49. The number of hydrogen-bond donors (Lipinski definition) is 2. The van der Waals surface area contributed by atoms with Crippen LogP contribution in [-0.4, -0.2) is 30.4 Å². The molecule has 0 saturated heterocycles. The first-order valence-electron chi connectivity index (χ1n) is 8.96. The number of benzene rings is 3. The third-order valence-electron chi connectivity index (χ3n) is 4.21. The van der Waals surface area contributed by atoms with Gasteiger partial charge in [0.1, 0.15) is 12.4 Å². The van der Waals surface area contributed by atoms with Gasteiger partial charge in [-0.3, -0.25) is 14.4 Å². The molecule has 0 saturated carbocycles. The Bertz CT molecular complexity index is 1070. The van der Waals surface area contributed by atoms with Crippen molar-refractivity contribution in [3.63, 3.8) is 0 Å². The van der Waals surface area contributed by atoms with Gasteiger partial charge < -0.3 is 15.4 Å². The quantitative estimate of drug-likeness (QED) is 0.629. The zero-order chi connectivity index (χ0) is 20.8. The van der Waals surface area contributed by atoms with Crippen LogP contribution in [0.2, 0.25) is 0 Å². The lowest BCUT2D eigenvalue weighted by Crippen LogP contribution is -2.36. The standard InChI is InChI=1S/C22H19FN2O4/c1-14(21(27)25-19-9-5-4-8-18(19)23)29-20(26)13-24-22(28)17-11-10-15-6-2-3-7-16(15)12-17/h2-12,14H,13H2,1H3,(H,24,28)(H,25,27)/t14-/m0/s1. The first-order chi connectivity index (χ1) is 13.9. The highest BCUT2D eigenvalue weighted by atomic mass is 19.1. The van der Waals surface area contributed by atoms with E-state index in [0.717, 1.165) is 10.8 Å². The maximum absolute atomic E-state index is 13.6. The zero-order valence-corrected chi connectivity index (χ0v) is 15.6. The van der Waals surface area contributed by atoms with E-state index in [9.17, 15) is 18.8 Å². The number of esters is 1.